The van der Waals surface area contributed by atoms with Gasteiger partial charge in [0.1, 0.15) is 11.0 Å². The number of hydrogen-bond donors (Lipinski definition) is 1. The highest BCUT2D eigenvalue weighted by molar-refractivity contribution is 7.00. The van der Waals surface area contributed by atoms with Crippen LogP contribution in [-0.4, -0.2) is 14.7 Å². The lowest BCUT2D eigenvalue weighted by Gasteiger charge is -2.00. The van der Waals surface area contributed by atoms with Crippen molar-refractivity contribution in [3.05, 3.63) is 18.2 Å². The molecule has 4 nitrogen and oxygen atoms in total. The van der Waals surface area contributed by atoms with Gasteiger partial charge in [-0.3, -0.25) is 4.79 Å². The lowest BCUT2D eigenvalue weighted by atomic mass is 10.2. The minimum atomic E-state index is -0.0968. The lowest BCUT2D eigenvalue weighted by Crippen LogP contribution is -2.05. The number of nitrogens with one attached hydrogen (secondary N) is 1. The molecule has 0 bridgehead atoms. The van der Waals surface area contributed by atoms with Gasteiger partial charge in [-0.15, -0.1) is 0 Å². The number of anilines is 1. The van der Waals surface area contributed by atoms with E-state index in [2.05, 4.69) is 14.1 Å². The largest absolute Gasteiger partial charge is 0.324 e. The van der Waals surface area contributed by atoms with Crippen molar-refractivity contribution < 1.29 is 4.79 Å². The van der Waals surface area contributed by atoms with E-state index in [0.29, 0.717) is 0 Å². The zero-order chi connectivity index (χ0) is 9.26. The van der Waals surface area contributed by atoms with Crippen molar-refractivity contribution in [1.29, 1.82) is 0 Å². The molecule has 1 aromatic carbocycles. The van der Waals surface area contributed by atoms with E-state index in [4.69, 9.17) is 0 Å². The molecular weight excluding hydrogens is 186 g/mol. The average molecular weight is 193 g/mol. The third-order valence-electron chi connectivity index (χ3n) is 1.60. The Morgan fingerprint density at radius 3 is 3.08 bits per heavy atom. The Balaban J connectivity index is 2.54. The minimum Gasteiger partial charge on any atom is -0.324 e. The second kappa shape index (κ2) is 3.10. The molecule has 0 aliphatic heterocycles. The van der Waals surface area contributed by atoms with Gasteiger partial charge in [-0.25, -0.2) is 0 Å². The third-order valence-corrected chi connectivity index (χ3v) is 2.14. The lowest BCUT2D eigenvalue weighted by molar-refractivity contribution is -0.114. The molecule has 2 rings (SSSR count). The molecule has 0 aliphatic carbocycles. The maximum atomic E-state index is 10.8. The summed E-state index contributed by atoms with van der Waals surface area (Å²) in [5.74, 6) is -0.0968. The molecule has 1 amide bonds. The van der Waals surface area contributed by atoms with Crippen LogP contribution in [0.1, 0.15) is 6.92 Å². The van der Waals surface area contributed by atoms with Gasteiger partial charge in [0.05, 0.1) is 17.4 Å². The van der Waals surface area contributed by atoms with Crippen LogP contribution < -0.4 is 5.32 Å². The molecule has 66 valence electrons. The zero-order valence-corrected chi connectivity index (χ0v) is 7.76. The Morgan fingerprint density at radius 2 is 2.31 bits per heavy atom. The van der Waals surface area contributed by atoms with E-state index in [0.717, 1.165) is 28.4 Å². The van der Waals surface area contributed by atoms with Gasteiger partial charge in [-0.1, -0.05) is 6.07 Å². The highest BCUT2D eigenvalue weighted by Crippen LogP contribution is 2.20. The van der Waals surface area contributed by atoms with E-state index < -0.39 is 0 Å². The van der Waals surface area contributed by atoms with Crippen LogP contribution in [0.2, 0.25) is 0 Å². The van der Waals surface area contributed by atoms with Crippen LogP contribution in [-0.2, 0) is 4.79 Å². The second-order valence-electron chi connectivity index (χ2n) is 2.62. The molecule has 0 saturated carbocycles. The number of fused-ring (bicyclic) bond motifs is 1. The number of rotatable bonds is 1. The number of carbonyl (C=O) groups excluding carboxylic acids is 1. The maximum absolute atomic E-state index is 10.8. The first kappa shape index (κ1) is 8.12. The molecule has 13 heavy (non-hydrogen) atoms. The molecule has 2 aromatic rings. The van der Waals surface area contributed by atoms with Gasteiger partial charge in [0.25, 0.3) is 0 Å². The molecule has 0 unspecified atom stereocenters. The van der Waals surface area contributed by atoms with Gasteiger partial charge >= 0.3 is 0 Å². The van der Waals surface area contributed by atoms with Crippen molar-refractivity contribution >= 4 is 34.4 Å². The Hall–Kier alpha value is -1.49. The molecule has 0 fully saturated rings. The average Bonchev–Trinajstić information content (AvgIpc) is 2.51. The van der Waals surface area contributed by atoms with Crippen molar-refractivity contribution in [2.24, 2.45) is 0 Å². The molecule has 0 saturated heterocycles. The van der Waals surface area contributed by atoms with E-state index >= 15 is 0 Å². The Bertz CT molecular complexity index is 451. The Kier molecular flexibility index (Phi) is 1.94. The smallest absolute Gasteiger partial charge is 0.221 e. The fourth-order valence-electron chi connectivity index (χ4n) is 1.10. The molecule has 1 heterocycles. The van der Waals surface area contributed by atoms with Crippen molar-refractivity contribution in [1.82, 2.24) is 8.75 Å². The van der Waals surface area contributed by atoms with E-state index in [1.54, 1.807) is 0 Å². The quantitative estimate of drug-likeness (QED) is 0.749. The summed E-state index contributed by atoms with van der Waals surface area (Å²) in [5.41, 5.74) is 2.29. The van der Waals surface area contributed by atoms with Gasteiger partial charge in [-0.05, 0) is 12.1 Å². The van der Waals surface area contributed by atoms with Crippen LogP contribution in [0.4, 0.5) is 5.69 Å². The summed E-state index contributed by atoms with van der Waals surface area (Å²) in [4.78, 5) is 10.8. The fraction of sp³-hybridized carbons (Fsp3) is 0.125. The van der Waals surface area contributed by atoms with Crippen LogP contribution in [0.25, 0.3) is 11.0 Å². The standard InChI is InChI=1S/C8H7N3OS/c1-5(12)9-6-3-2-4-7-8(6)11-13-10-7/h2-4H,1H3,(H,9,12). The topological polar surface area (TPSA) is 54.9 Å². The molecule has 0 spiro atoms. The normalized spacial score (nSPS) is 10.2. The molecule has 0 atom stereocenters. The van der Waals surface area contributed by atoms with Crippen LogP contribution in [0.15, 0.2) is 18.2 Å². The van der Waals surface area contributed by atoms with Gasteiger partial charge in [0.15, 0.2) is 0 Å². The van der Waals surface area contributed by atoms with Crippen LogP contribution in [0.5, 0.6) is 0 Å². The molecule has 0 aliphatic rings. The van der Waals surface area contributed by atoms with Crippen molar-refractivity contribution in [3.63, 3.8) is 0 Å². The van der Waals surface area contributed by atoms with E-state index in [1.165, 1.54) is 6.92 Å². The zero-order valence-electron chi connectivity index (χ0n) is 6.94. The maximum Gasteiger partial charge on any atom is 0.221 e. The van der Waals surface area contributed by atoms with Crippen LogP contribution >= 0.6 is 11.7 Å². The SMILES string of the molecule is CC(=O)Nc1cccc2nsnc12. The molecule has 1 N–H and O–H groups in total. The number of carbonyl (C=O) groups is 1. The van der Waals surface area contributed by atoms with Crippen LogP contribution in [0, 0.1) is 0 Å². The summed E-state index contributed by atoms with van der Waals surface area (Å²) >= 11 is 1.14. The Morgan fingerprint density at radius 1 is 1.46 bits per heavy atom. The molecular formula is C8H7N3OS. The summed E-state index contributed by atoms with van der Waals surface area (Å²) < 4.78 is 8.15. The minimum absolute atomic E-state index is 0.0968. The first-order valence-corrected chi connectivity index (χ1v) is 4.49. The highest BCUT2D eigenvalue weighted by Gasteiger charge is 2.04. The van der Waals surface area contributed by atoms with E-state index in [1.807, 2.05) is 18.2 Å². The number of amides is 1. The molecule has 0 radical (unpaired) electrons. The monoisotopic (exact) mass is 193 g/mol. The molecule has 5 heteroatoms. The van der Waals surface area contributed by atoms with Gasteiger partial charge in [-0.2, -0.15) is 8.75 Å². The Labute approximate surface area is 78.9 Å². The van der Waals surface area contributed by atoms with Crippen molar-refractivity contribution in [2.75, 3.05) is 5.32 Å². The van der Waals surface area contributed by atoms with Gasteiger partial charge in [0, 0.05) is 6.92 Å². The number of nitrogens with zero attached hydrogens (tertiary/aromatic N) is 2. The summed E-state index contributed by atoms with van der Waals surface area (Å²) in [6.07, 6.45) is 0. The van der Waals surface area contributed by atoms with Crippen LogP contribution in [0.3, 0.4) is 0 Å². The van der Waals surface area contributed by atoms with Crippen molar-refractivity contribution in [3.8, 4) is 0 Å². The van der Waals surface area contributed by atoms with Gasteiger partial charge in [0.2, 0.25) is 5.91 Å². The first-order chi connectivity index (χ1) is 6.27. The number of benzene rings is 1. The predicted molar refractivity (Wildman–Crippen MR) is 51.7 cm³/mol. The van der Waals surface area contributed by atoms with Gasteiger partial charge < -0.3 is 5.32 Å². The first-order valence-electron chi connectivity index (χ1n) is 3.76. The van der Waals surface area contributed by atoms with E-state index in [9.17, 15) is 4.79 Å². The predicted octanol–water partition coefficient (Wildman–Crippen LogP) is 1.65. The van der Waals surface area contributed by atoms with E-state index in [-0.39, 0.29) is 5.91 Å². The second-order valence-corrected chi connectivity index (χ2v) is 3.15. The summed E-state index contributed by atoms with van der Waals surface area (Å²) in [6, 6.07) is 5.52. The number of hydrogen-bond acceptors (Lipinski definition) is 4. The number of aromatic nitrogens is 2. The summed E-state index contributed by atoms with van der Waals surface area (Å²) in [6.45, 7) is 1.47. The summed E-state index contributed by atoms with van der Waals surface area (Å²) in [7, 11) is 0. The third kappa shape index (κ3) is 1.50. The van der Waals surface area contributed by atoms with Crippen molar-refractivity contribution in [2.45, 2.75) is 6.92 Å². The highest BCUT2D eigenvalue weighted by atomic mass is 32.1. The summed E-state index contributed by atoms with van der Waals surface area (Å²) in [5, 5.41) is 2.70. The molecule has 1 aromatic heterocycles. The fourth-order valence-corrected chi connectivity index (χ4v) is 1.65.